The highest BCUT2D eigenvalue weighted by molar-refractivity contribution is 5.97. The lowest BCUT2D eigenvalue weighted by molar-refractivity contribution is -0.149. The number of carbonyl (C=O) groups is 3. The van der Waals surface area contributed by atoms with Gasteiger partial charge in [0.05, 0.1) is 5.69 Å². The van der Waals surface area contributed by atoms with Crippen molar-refractivity contribution < 1.29 is 23.5 Å². The summed E-state index contributed by atoms with van der Waals surface area (Å²) < 4.78 is 18.8. The maximum Gasteiger partial charge on any atom is 0.329 e. The van der Waals surface area contributed by atoms with Crippen LogP contribution >= 0.6 is 0 Å². The number of amides is 2. The molecule has 0 aliphatic rings. The standard InChI is InChI=1S/C24H21FN2O4/c25-19-13-7-8-14-20(19)26-22(28)16-31-24(30)21(15-17-9-3-1-4-10-17)27-23(29)18-11-5-2-6-12-18/h1-14,21H,15-16H2,(H,26,28)(H,27,29)/t21-/m1/s1. The lowest BCUT2D eigenvalue weighted by Gasteiger charge is -2.18. The molecule has 0 fully saturated rings. The Morgan fingerprint density at radius 2 is 1.45 bits per heavy atom. The molecular formula is C24H21FN2O4. The predicted octanol–water partition coefficient (Wildman–Crippen LogP) is 3.35. The Kier molecular flexibility index (Phi) is 7.48. The van der Waals surface area contributed by atoms with Gasteiger partial charge in [0.25, 0.3) is 11.8 Å². The van der Waals surface area contributed by atoms with Gasteiger partial charge < -0.3 is 15.4 Å². The van der Waals surface area contributed by atoms with E-state index in [4.69, 9.17) is 4.74 Å². The van der Waals surface area contributed by atoms with Gasteiger partial charge in [0.2, 0.25) is 0 Å². The second-order valence-corrected chi connectivity index (χ2v) is 6.72. The van der Waals surface area contributed by atoms with Crippen LogP contribution in [0, 0.1) is 5.82 Å². The van der Waals surface area contributed by atoms with Crippen LogP contribution < -0.4 is 10.6 Å². The first-order valence-electron chi connectivity index (χ1n) is 9.64. The average Bonchev–Trinajstić information content (AvgIpc) is 2.80. The molecule has 3 rings (SSSR count). The summed E-state index contributed by atoms with van der Waals surface area (Å²) in [5.74, 6) is -2.49. The van der Waals surface area contributed by atoms with E-state index in [2.05, 4.69) is 10.6 Å². The lowest BCUT2D eigenvalue weighted by atomic mass is 10.1. The molecular weight excluding hydrogens is 399 g/mol. The summed E-state index contributed by atoms with van der Waals surface area (Å²) in [6.45, 7) is -0.611. The van der Waals surface area contributed by atoms with Crippen LogP contribution in [0.3, 0.4) is 0 Å². The molecule has 6 nitrogen and oxygen atoms in total. The van der Waals surface area contributed by atoms with Gasteiger partial charge in [0, 0.05) is 12.0 Å². The molecule has 0 spiro atoms. The normalized spacial score (nSPS) is 11.3. The predicted molar refractivity (Wildman–Crippen MR) is 114 cm³/mol. The third-order valence-corrected chi connectivity index (χ3v) is 4.40. The second-order valence-electron chi connectivity index (χ2n) is 6.72. The number of anilines is 1. The number of ether oxygens (including phenoxy) is 1. The third-order valence-electron chi connectivity index (χ3n) is 4.40. The topological polar surface area (TPSA) is 84.5 Å². The van der Waals surface area contributed by atoms with Gasteiger partial charge in [-0.05, 0) is 29.8 Å². The molecule has 0 aliphatic carbocycles. The SMILES string of the molecule is O=C(COC(=O)[C@@H](Cc1ccccc1)NC(=O)c1ccccc1)Nc1ccccc1F. The number of hydrogen-bond donors (Lipinski definition) is 2. The zero-order valence-corrected chi connectivity index (χ0v) is 16.6. The summed E-state index contributed by atoms with van der Waals surface area (Å²) in [6.07, 6.45) is 0.188. The van der Waals surface area contributed by atoms with Crippen molar-refractivity contribution in [2.75, 3.05) is 11.9 Å². The largest absolute Gasteiger partial charge is 0.454 e. The van der Waals surface area contributed by atoms with Crippen molar-refractivity contribution in [3.8, 4) is 0 Å². The summed E-state index contributed by atoms with van der Waals surface area (Å²) >= 11 is 0. The minimum absolute atomic E-state index is 0.0123. The van der Waals surface area contributed by atoms with E-state index in [1.165, 1.54) is 18.2 Å². The first-order valence-corrected chi connectivity index (χ1v) is 9.64. The maximum absolute atomic E-state index is 13.7. The Morgan fingerprint density at radius 3 is 2.13 bits per heavy atom. The summed E-state index contributed by atoms with van der Waals surface area (Å²) in [7, 11) is 0. The van der Waals surface area contributed by atoms with E-state index in [9.17, 15) is 18.8 Å². The van der Waals surface area contributed by atoms with Crippen molar-refractivity contribution in [2.24, 2.45) is 0 Å². The van der Waals surface area contributed by atoms with Crippen molar-refractivity contribution >= 4 is 23.5 Å². The first kappa shape index (κ1) is 21.7. The summed E-state index contributed by atoms with van der Waals surface area (Å²) in [4.78, 5) is 37.2. The molecule has 0 saturated carbocycles. The van der Waals surface area contributed by atoms with Crippen LogP contribution in [0.4, 0.5) is 10.1 Å². The van der Waals surface area contributed by atoms with E-state index >= 15 is 0 Å². The van der Waals surface area contributed by atoms with Crippen LogP contribution in [-0.2, 0) is 20.7 Å². The number of halogens is 1. The molecule has 2 N–H and O–H groups in total. The fourth-order valence-corrected chi connectivity index (χ4v) is 2.86. The zero-order chi connectivity index (χ0) is 22.1. The number of nitrogens with one attached hydrogen (secondary N) is 2. The molecule has 2 amide bonds. The van der Waals surface area contributed by atoms with Crippen LogP contribution in [0.15, 0.2) is 84.9 Å². The number of hydrogen-bond acceptors (Lipinski definition) is 4. The summed E-state index contributed by atoms with van der Waals surface area (Å²) in [6, 6.07) is 22.2. The highest BCUT2D eigenvalue weighted by Crippen LogP contribution is 2.12. The Balaban J connectivity index is 1.64. The van der Waals surface area contributed by atoms with Gasteiger partial charge in [-0.3, -0.25) is 9.59 Å². The molecule has 3 aromatic rings. The van der Waals surface area contributed by atoms with Crippen LogP contribution in [0.25, 0.3) is 0 Å². The fourth-order valence-electron chi connectivity index (χ4n) is 2.86. The number of rotatable bonds is 8. The van der Waals surface area contributed by atoms with E-state index in [0.29, 0.717) is 5.56 Å². The molecule has 0 heterocycles. The van der Waals surface area contributed by atoms with Gasteiger partial charge in [-0.25, -0.2) is 9.18 Å². The van der Waals surface area contributed by atoms with E-state index in [0.717, 1.165) is 5.56 Å². The molecule has 158 valence electrons. The fraction of sp³-hybridized carbons (Fsp3) is 0.125. The van der Waals surface area contributed by atoms with E-state index in [1.807, 2.05) is 30.3 Å². The Labute approximate surface area is 179 Å². The van der Waals surface area contributed by atoms with Crippen LogP contribution in [0.5, 0.6) is 0 Å². The number of benzene rings is 3. The Hall–Kier alpha value is -4.00. The molecule has 0 saturated heterocycles. The van der Waals surface area contributed by atoms with Crippen molar-refractivity contribution in [1.29, 1.82) is 0 Å². The third kappa shape index (κ3) is 6.50. The quantitative estimate of drug-likeness (QED) is 0.548. The molecule has 0 aromatic heterocycles. The van der Waals surface area contributed by atoms with Gasteiger partial charge in [-0.2, -0.15) is 0 Å². The first-order chi connectivity index (χ1) is 15.0. The Morgan fingerprint density at radius 1 is 0.839 bits per heavy atom. The molecule has 31 heavy (non-hydrogen) atoms. The van der Waals surface area contributed by atoms with Crippen molar-refractivity contribution in [3.63, 3.8) is 0 Å². The molecule has 0 bridgehead atoms. The van der Waals surface area contributed by atoms with Crippen molar-refractivity contribution in [3.05, 3.63) is 102 Å². The Bertz CT molecular complexity index is 1040. The molecule has 0 aliphatic heterocycles. The minimum atomic E-state index is -1.00. The van der Waals surface area contributed by atoms with E-state index < -0.39 is 36.2 Å². The zero-order valence-electron chi connectivity index (χ0n) is 16.6. The summed E-state index contributed by atoms with van der Waals surface area (Å²) in [5, 5.41) is 5.00. The highest BCUT2D eigenvalue weighted by Gasteiger charge is 2.24. The monoisotopic (exact) mass is 420 g/mol. The number of para-hydroxylation sites is 1. The smallest absolute Gasteiger partial charge is 0.329 e. The van der Waals surface area contributed by atoms with Crippen LogP contribution in [-0.4, -0.2) is 30.4 Å². The van der Waals surface area contributed by atoms with Crippen LogP contribution in [0.2, 0.25) is 0 Å². The van der Waals surface area contributed by atoms with Crippen molar-refractivity contribution in [1.82, 2.24) is 5.32 Å². The molecule has 0 unspecified atom stereocenters. The van der Waals surface area contributed by atoms with E-state index in [1.54, 1.807) is 36.4 Å². The second kappa shape index (κ2) is 10.7. The van der Waals surface area contributed by atoms with Gasteiger partial charge in [-0.1, -0.05) is 60.7 Å². The summed E-state index contributed by atoms with van der Waals surface area (Å²) in [5.41, 5.74) is 1.20. The lowest BCUT2D eigenvalue weighted by Crippen LogP contribution is -2.44. The number of esters is 1. The number of carbonyl (C=O) groups excluding carboxylic acids is 3. The maximum atomic E-state index is 13.7. The average molecular weight is 420 g/mol. The van der Waals surface area contributed by atoms with Gasteiger partial charge in [0.15, 0.2) is 6.61 Å². The van der Waals surface area contributed by atoms with Gasteiger partial charge >= 0.3 is 5.97 Å². The highest BCUT2D eigenvalue weighted by atomic mass is 19.1. The van der Waals surface area contributed by atoms with Gasteiger partial charge in [-0.15, -0.1) is 0 Å². The van der Waals surface area contributed by atoms with Crippen LogP contribution in [0.1, 0.15) is 15.9 Å². The minimum Gasteiger partial charge on any atom is -0.454 e. The molecule has 1 atom stereocenters. The molecule has 0 radical (unpaired) electrons. The van der Waals surface area contributed by atoms with E-state index in [-0.39, 0.29) is 12.1 Å². The van der Waals surface area contributed by atoms with Crippen molar-refractivity contribution in [2.45, 2.75) is 12.5 Å². The van der Waals surface area contributed by atoms with Gasteiger partial charge in [0.1, 0.15) is 11.9 Å². The molecule has 3 aromatic carbocycles. The molecule has 7 heteroatoms.